The second-order valence-corrected chi connectivity index (χ2v) is 5.19. The molecule has 0 aliphatic carbocycles. The fraction of sp³-hybridized carbons (Fsp3) is 0.600. The van der Waals surface area contributed by atoms with Crippen molar-refractivity contribution in [3.8, 4) is 5.75 Å². The molecule has 1 fully saturated rings. The van der Waals surface area contributed by atoms with Crippen LogP contribution >= 0.6 is 0 Å². The Morgan fingerprint density at radius 3 is 2.67 bits per heavy atom. The minimum Gasteiger partial charge on any atom is -0.490 e. The van der Waals surface area contributed by atoms with Crippen molar-refractivity contribution in [2.75, 3.05) is 19.7 Å². The lowest BCUT2D eigenvalue weighted by Gasteiger charge is -2.29. The molecule has 0 amide bonds. The van der Waals surface area contributed by atoms with Gasteiger partial charge in [0.2, 0.25) is 0 Å². The van der Waals surface area contributed by atoms with Crippen LogP contribution in [0.3, 0.4) is 0 Å². The highest BCUT2D eigenvalue weighted by Gasteiger charge is 2.19. The van der Waals surface area contributed by atoms with Gasteiger partial charge in [-0.2, -0.15) is 0 Å². The maximum Gasteiger partial charge on any atom is 0.125 e. The van der Waals surface area contributed by atoms with E-state index in [-0.39, 0.29) is 12.2 Å². The van der Waals surface area contributed by atoms with Gasteiger partial charge in [-0.15, -0.1) is 0 Å². The summed E-state index contributed by atoms with van der Waals surface area (Å²) in [6.07, 6.45) is 0.417. The fourth-order valence-corrected chi connectivity index (χ4v) is 2.29. The number of nitrogens with one attached hydrogen (secondary N) is 1. The zero-order chi connectivity index (χ0) is 13.1. The number of hydrogen-bond donors (Lipinski definition) is 1. The van der Waals surface area contributed by atoms with E-state index in [2.05, 4.69) is 45.1 Å². The average molecular weight is 249 g/mol. The molecule has 1 aliphatic rings. The van der Waals surface area contributed by atoms with Crippen molar-refractivity contribution < 1.29 is 9.47 Å². The highest BCUT2D eigenvalue weighted by Crippen LogP contribution is 2.26. The third kappa shape index (κ3) is 3.03. The number of ether oxygens (including phenoxy) is 2. The van der Waals surface area contributed by atoms with Crippen molar-refractivity contribution in [3.05, 3.63) is 28.8 Å². The molecule has 1 N–H and O–H groups in total. The van der Waals surface area contributed by atoms with Crippen molar-refractivity contribution in [2.24, 2.45) is 0 Å². The van der Waals surface area contributed by atoms with Crippen LogP contribution in [0.25, 0.3) is 0 Å². The monoisotopic (exact) mass is 249 g/mol. The third-order valence-corrected chi connectivity index (χ3v) is 3.52. The third-order valence-electron chi connectivity index (χ3n) is 3.52. The molecule has 1 saturated heterocycles. The van der Waals surface area contributed by atoms with E-state index in [4.69, 9.17) is 9.47 Å². The van der Waals surface area contributed by atoms with Gasteiger partial charge in [-0.05, 0) is 44.4 Å². The molecule has 3 nitrogen and oxygen atoms in total. The molecule has 0 bridgehead atoms. The van der Waals surface area contributed by atoms with E-state index in [9.17, 15) is 0 Å². The van der Waals surface area contributed by atoms with E-state index in [1.54, 1.807) is 0 Å². The summed E-state index contributed by atoms with van der Waals surface area (Å²) in [4.78, 5) is 0. The summed E-state index contributed by atoms with van der Waals surface area (Å²) in [5.41, 5.74) is 3.69. The summed E-state index contributed by atoms with van der Waals surface area (Å²) >= 11 is 0. The molecule has 0 radical (unpaired) electrons. The molecule has 2 rings (SSSR count). The van der Waals surface area contributed by atoms with Crippen LogP contribution in [0.2, 0.25) is 0 Å². The molecular formula is C15H23NO2. The Hall–Kier alpha value is -1.06. The largest absolute Gasteiger partial charge is 0.490 e. The molecular weight excluding hydrogens is 226 g/mol. The van der Waals surface area contributed by atoms with Gasteiger partial charge in [0.25, 0.3) is 0 Å². The van der Waals surface area contributed by atoms with Gasteiger partial charge >= 0.3 is 0 Å². The second-order valence-electron chi connectivity index (χ2n) is 5.19. The maximum atomic E-state index is 5.97. The number of aryl methyl sites for hydroxylation is 2. The smallest absolute Gasteiger partial charge is 0.125 e. The first-order valence-corrected chi connectivity index (χ1v) is 6.63. The molecule has 0 spiro atoms. The van der Waals surface area contributed by atoms with Crippen LogP contribution in [-0.4, -0.2) is 31.9 Å². The van der Waals surface area contributed by atoms with E-state index in [0.717, 1.165) is 18.8 Å². The van der Waals surface area contributed by atoms with E-state index in [1.807, 2.05) is 0 Å². The van der Waals surface area contributed by atoms with Gasteiger partial charge in [0, 0.05) is 13.1 Å². The van der Waals surface area contributed by atoms with Crippen LogP contribution in [-0.2, 0) is 4.74 Å². The Morgan fingerprint density at radius 2 is 1.94 bits per heavy atom. The Labute approximate surface area is 109 Å². The lowest BCUT2D eigenvalue weighted by molar-refractivity contribution is -0.0472. The highest BCUT2D eigenvalue weighted by atomic mass is 16.5. The zero-order valence-corrected chi connectivity index (χ0v) is 11.7. The Kier molecular flexibility index (Phi) is 4.25. The molecule has 2 atom stereocenters. The van der Waals surface area contributed by atoms with E-state index >= 15 is 0 Å². The first kappa shape index (κ1) is 13.4. The van der Waals surface area contributed by atoms with Gasteiger partial charge in [0.1, 0.15) is 18.5 Å². The zero-order valence-electron chi connectivity index (χ0n) is 11.7. The molecule has 18 heavy (non-hydrogen) atoms. The summed E-state index contributed by atoms with van der Waals surface area (Å²) in [6, 6.07) is 4.25. The fourth-order valence-electron chi connectivity index (χ4n) is 2.29. The maximum absolute atomic E-state index is 5.97. The van der Waals surface area contributed by atoms with Gasteiger partial charge < -0.3 is 14.8 Å². The van der Waals surface area contributed by atoms with Crippen molar-refractivity contribution in [2.45, 2.75) is 39.9 Å². The van der Waals surface area contributed by atoms with Crippen molar-refractivity contribution in [1.29, 1.82) is 0 Å². The van der Waals surface area contributed by atoms with E-state index in [0.29, 0.717) is 6.61 Å². The van der Waals surface area contributed by atoms with Crippen LogP contribution in [0.15, 0.2) is 12.1 Å². The molecule has 100 valence electrons. The van der Waals surface area contributed by atoms with Gasteiger partial charge in [-0.25, -0.2) is 0 Å². The molecule has 1 aliphatic heterocycles. The molecule has 2 unspecified atom stereocenters. The van der Waals surface area contributed by atoms with Crippen LogP contribution < -0.4 is 10.1 Å². The lowest BCUT2D eigenvalue weighted by atomic mass is 10.1. The van der Waals surface area contributed by atoms with Crippen molar-refractivity contribution in [3.63, 3.8) is 0 Å². The number of morpholine rings is 1. The Balaban J connectivity index is 1.99. The van der Waals surface area contributed by atoms with Crippen LogP contribution in [0.1, 0.15) is 23.6 Å². The number of hydrogen-bond acceptors (Lipinski definition) is 3. The Bertz CT molecular complexity index is 417. The number of rotatable bonds is 3. The highest BCUT2D eigenvalue weighted by molar-refractivity contribution is 5.44. The molecule has 3 heteroatoms. The van der Waals surface area contributed by atoms with Crippen molar-refractivity contribution >= 4 is 0 Å². The SMILES string of the molecule is Cc1ccc(C)c(OCC2CNCC(C)O2)c1C. The van der Waals surface area contributed by atoms with Crippen LogP contribution in [0, 0.1) is 20.8 Å². The lowest BCUT2D eigenvalue weighted by Crippen LogP contribution is -2.45. The minimum absolute atomic E-state index is 0.146. The summed E-state index contributed by atoms with van der Waals surface area (Å²) in [5.74, 6) is 1.01. The quantitative estimate of drug-likeness (QED) is 0.892. The predicted molar refractivity (Wildman–Crippen MR) is 73.4 cm³/mol. The van der Waals surface area contributed by atoms with Crippen LogP contribution in [0.5, 0.6) is 5.75 Å². The van der Waals surface area contributed by atoms with Crippen molar-refractivity contribution in [1.82, 2.24) is 5.32 Å². The summed E-state index contributed by atoms with van der Waals surface area (Å²) in [7, 11) is 0. The standard InChI is InChI=1S/C15H23NO2/c1-10-5-6-11(2)15(13(10)4)17-9-14-8-16-7-12(3)18-14/h5-6,12,14,16H,7-9H2,1-4H3. The first-order valence-electron chi connectivity index (χ1n) is 6.63. The predicted octanol–water partition coefficient (Wildman–Crippen LogP) is 2.37. The molecule has 1 aromatic rings. The Morgan fingerprint density at radius 1 is 1.22 bits per heavy atom. The summed E-state index contributed by atoms with van der Waals surface area (Å²) in [5, 5.41) is 3.36. The average Bonchev–Trinajstić information content (AvgIpc) is 2.34. The molecule has 1 aromatic carbocycles. The normalized spacial score (nSPS) is 24.0. The van der Waals surface area contributed by atoms with E-state index in [1.165, 1.54) is 16.7 Å². The second kappa shape index (κ2) is 5.72. The van der Waals surface area contributed by atoms with Gasteiger partial charge in [0.05, 0.1) is 6.10 Å². The van der Waals surface area contributed by atoms with Gasteiger partial charge in [-0.3, -0.25) is 0 Å². The molecule has 0 saturated carbocycles. The summed E-state index contributed by atoms with van der Waals surface area (Å²) < 4.78 is 11.8. The first-order chi connectivity index (χ1) is 8.58. The summed E-state index contributed by atoms with van der Waals surface area (Å²) in [6.45, 7) is 10.8. The minimum atomic E-state index is 0.146. The van der Waals surface area contributed by atoms with Gasteiger partial charge in [0.15, 0.2) is 0 Å². The number of benzene rings is 1. The molecule has 1 heterocycles. The van der Waals surface area contributed by atoms with Crippen LogP contribution in [0.4, 0.5) is 0 Å². The topological polar surface area (TPSA) is 30.5 Å². The van der Waals surface area contributed by atoms with E-state index < -0.39 is 0 Å². The molecule has 0 aromatic heterocycles. The van der Waals surface area contributed by atoms with Gasteiger partial charge in [-0.1, -0.05) is 12.1 Å².